The number of methoxy groups -OCH3 is 1. The molecule has 140 valence electrons. The standard InChI is InChI=1S/C19H20F3NO3/c1-12-4-6-15(13(2)10-12)18(24)23-16-11-14(19(20,21)22)5-7-17(16)26-9-8-25-3/h4-7,10-11H,8-9H2,1-3H3,(H,23,24). The van der Waals surface area contributed by atoms with E-state index in [1.54, 1.807) is 19.1 Å². The van der Waals surface area contributed by atoms with E-state index >= 15 is 0 Å². The van der Waals surface area contributed by atoms with E-state index in [0.29, 0.717) is 5.56 Å². The molecule has 2 rings (SSSR count). The predicted octanol–water partition coefficient (Wildman–Crippen LogP) is 4.60. The van der Waals surface area contributed by atoms with E-state index in [1.807, 2.05) is 13.0 Å². The number of aryl methyl sites for hydroxylation is 2. The number of rotatable bonds is 6. The minimum Gasteiger partial charge on any atom is -0.489 e. The molecule has 1 amide bonds. The predicted molar refractivity (Wildman–Crippen MR) is 92.7 cm³/mol. The third-order valence-electron chi connectivity index (χ3n) is 3.73. The molecule has 0 atom stereocenters. The molecule has 4 nitrogen and oxygen atoms in total. The number of benzene rings is 2. The van der Waals surface area contributed by atoms with Crippen molar-refractivity contribution in [1.29, 1.82) is 0 Å². The molecule has 0 heterocycles. The number of hydrogen-bond acceptors (Lipinski definition) is 3. The molecule has 0 aliphatic rings. The molecule has 0 saturated heterocycles. The van der Waals surface area contributed by atoms with E-state index in [0.717, 1.165) is 23.3 Å². The highest BCUT2D eigenvalue weighted by Gasteiger charge is 2.31. The van der Waals surface area contributed by atoms with Gasteiger partial charge in [-0.3, -0.25) is 4.79 Å². The van der Waals surface area contributed by atoms with Gasteiger partial charge in [-0.15, -0.1) is 0 Å². The third kappa shape index (κ3) is 4.98. The van der Waals surface area contributed by atoms with Gasteiger partial charge in [0.15, 0.2) is 0 Å². The van der Waals surface area contributed by atoms with Gasteiger partial charge < -0.3 is 14.8 Å². The first-order valence-electron chi connectivity index (χ1n) is 7.94. The summed E-state index contributed by atoms with van der Waals surface area (Å²) in [5.41, 5.74) is 1.20. The molecule has 0 saturated carbocycles. The average molecular weight is 367 g/mol. The Bertz CT molecular complexity index is 788. The van der Waals surface area contributed by atoms with Crippen LogP contribution in [0.15, 0.2) is 36.4 Å². The van der Waals surface area contributed by atoms with Crippen molar-refractivity contribution in [3.8, 4) is 5.75 Å². The quantitative estimate of drug-likeness (QED) is 0.759. The Morgan fingerprint density at radius 3 is 2.42 bits per heavy atom. The van der Waals surface area contributed by atoms with Gasteiger partial charge in [0.2, 0.25) is 0 Å². The van der Waals surface area contributed by atoms with Gasteiger partial charge in [0, 0.05) is 12.7 Å². The lowest BCUT2D eigenvalue weighted by molar-refractivity contribution is -0.137. The Balaban J connectivity index is 2.32. The SMILES string of the molecule is COCCOc1ccc(C(F)(F)F)cc1NC(=O)c1ccc(C)cc1C. The van der Waals surface area contributed by atoms with E-state index in [2.05, 4.69) is 5.32 Å². The van der Waals surface area contributed by atoms with Crippen LogP contribution in [0.2, 0.25) is 0 Å². The summed E-state index contributed by atoms with van der Waals surface area (Å²) in [7, 11) is 1.49. The maximum absolute atomic E-state index is 13.0. The smallest absolute Gasteiger partial charge is 0.416 e. The second kappa shape index (κ2) is 8.23. The molecule has 26 heavy (non-hydrogen) atoms. The monoisotopic (exact) mass is 367 g/mol. The van der Waals surface area contributed by atoms with Crippen molar-refractivity contribution in [2.24, 2.45) is 0 Å². The van der Waals surface area contributed by atoms with Gasteiger partial charge in [0.05, 0.1) is 17.9 Å². The Labute approximate surface area is 149 Å². The minimum absolute atomic E-state index is 0.0408. The second-order valence-corrected chi connectivity index (χ2v) is 5.82. The van der Waals surface area contributed by atoms with Gasteiger partial charge in [0.1, 0.15) is 12.4 Å². The lowest BCUT2D eigenvalue weighted by atomic mass is 10.0. The summed E-state index contributed by atoms with van der Waals surface area (Å²) in [6.07, 6.45) is -4.52. The van der Waals surface area contributed by atoms with Crippen molar-refractivity contribution in [1.82, 2.24) is 0 Å². The van der Waals surface area contributed by atoms with Crippen LogP contribution in [-0.4, -0.2) is 26.2 Å². The van der Waals surface area contributed by atoms with Gasteiger partial charge in [-0.1, -0.05) is 17.7 Å². The summed E-state index contributed by atoms with van der Waals surface area (Å²) in [5, 5.41) is 2.52. The molecule has 0 unspecified atom stereocenters. The fraction of sp³-hybridized carbons (Fsp3) is 0.316. The van der Waals surface area contributed by atoms with Crippen molar-refractivity contribution in [3.05, 3.63) is 58.7 Å². The van der Waals surface area contributed by atoms with E-state index in [4.69, 9.17) is 9.47 Å². The molecule has 0 aliphatic heterocycles. The number of carbonyl (C=O) groups excluding carboxylic acids is 1. The maximum atomic E-state index is 13.0. The van der Waals surface area contributed by atoms with Crippen LogP contribution in [0.4, 0.5) is 18.9 Å². The highest BCUT2D eigenvalue weighted by Crippen LogP contribution is 2.35. The summed E-state index contributed by atoms with van der Waals surface area (Å²) in [6.45, 7) is 4.08. The number of alkyl halides is 3. The molecule has 0 aromatic heterocycles. The first kappa shape index (κ1) is 19.8. The molecule has 0 radical (unpaired) electrons. The van der Waals surface area contributed by atoms with Gasteiger partial charge in [0.25, 0.3) is 5.91 Å². The van der Waals surface area contributed by atoms with E-state index in [1.165, 1.54) is 13.2 Å². The number of halogens is 3. The highest BCUT2D eigenvalue weighted by atomic mass is 19.4. The molecule has 0 aliphatic carbocycles. The normalized spacial score (nSPS) is 11.3. The highest BCUT2D eigenvalue weighted by molar-refractivity contribution is 6.06. The van der Waals surface area contributed by atoms with Crippen molar-refractivity contribution in [2.45, 2.75) is 20.0 Å². The Kier molecular flexibility index (Phi) is 6.26. The van der Waals surface area contributed by atoms with Crippen LogP contribution in [0.3, 0.4) is 0 Å². The molecule has 0 spiro atoms. The third-order valence-corrected chi connectivity index (χ3v) is 3.73. The van der Waals surface area contributed by atoms with Crippen LogP contribution >= 0.6 is 0 Å². The zero-order valence-electron chi connectivity index (χ0n) is 14.7. The number of carbonyl (C=O) groups is 1. The minimum atomic E-state index is -4.52. The van der Waals surface area contributed by atoms with Crippen molar-refractivity contribution in [3.63, 3.8) is 0 Å². The number of hydrogen-bond donors (Lipinski definition) is 1. The average Bonchev–Trinajstić information content (AvgIpc) is 2.55. The van der Waals surface area contributed by atoms with Gasteiger partial charge >= 0.3 is 6.18 Å². The summed E-state index contributed by atoms with van der Waals surface area (Å²) in [4.78, 5) is 12.5. The molecule has 7 heteroatoms. The van der Waals surface area contributed by atoms with Crippen LogP contribution in [0.5, 0.6) is 5.75 Å². The van der Waals surface area contributed by atoms with E-state index in [9.17, 15) is 18.0 Å². The van der Waals surface area contributed by atoms with Gasteiger partial charge in [-0.2, -0.15) is 13.2 Å². The van der Waals surface area contributed by atoms with E-state index in [-0.39, 0.29) is 24.7 Å². The second-order valence-electron chi connectivity index (χ2n) is 5.82. The summed E-state index contributed by atoms with van der Waals surface area (Å²) in [5.74, 6) is -0.355. The molecule has 2 aromatic carbocycles. The number of nitrogens with one attached hydrogen (secondary N) is 1. The number of amides is 1. The largest absolute Gasteiger partial charge is 0.489 e. The molecular weight excluding hydrogens is 347 g/mol. The van der Waals surface area contributed by atoms with Crippen molar-refractivity contribution >= 4 is 11.6 Å². The van der Waals surface area contributed by atoms with Crippen LogP contribution < -0.4 is 10.1 Å². The Hall–Kier alpha value is -2.54. The van der Waals surface area contributed by atoms with Crippen molar-refractivity contribution in [2.75, 3.05) is 25.6 Å². The van der Waals surface area contributed by atoms with Crippen LogP contribution in [0.1, 0.15) is 27.0 Å². The fourth-order valence-corrected chi connectivity index (χ4v) is 2.42. The van der Waals surface area contributed by atoms with Crippen molar-refractivity contribution < 1.29 is 27.4 Å². The van der Waals surface area contributed by atoms with Crippen LogP contribution in [0.25, 0.3) is 0 Å². The summed E-state index contributed by atoms with van der Waals surface area (Å²) >= 11 is 0. The number of ether oxygens (including phenoxy) is 2. The Morgan fingerprint density at radius 2 is 1.81 bits per heavy atom. The summed E-state index contributed by atoms with van der Waals surface area (Å²) in [6, 6.07) is 8.20. The number of anilines is 1. The molecule has 2 aromatic rings. The molecule has 1 N–H and O–H groups in total. The van der Waals surface area contributed by atoms with Gasteiger partial charge in [-0.25, -0.2) is 0 Å². The molecular formula is C19H20F3NO3. The maximum Gasteiger partial charge on any atom is 0.416 e. The van der Waals surface area contributed by atoms with Crippen LogP contribution in [-0.2, 0) is 10.9 Å². The van der Waals surface area contributed by atoms with Gasteiger partial charge in [-0.05, 0) is 43.7 Å². The zero-order chi connectivity index (χ0) is 19.3. The Morgan fingerprint density at radius 1 is 1.08 bits per heavy atom. The zero-order valence-corrected chi connectivity index (χ0v) is 14.7. The molecule has 0 bridgehead atoms. The lowest BCUT2D eigenvalue weighted by Crippen LogP contribution is -2.16. The molecule has 0 fully saturated rings. The van der Waals surface area contributed by atoms with E-state index < -0.39 is 17.6 Å². The van der Waals surface area contributed by atoms with Crippen LogP contribution in [0, 0.1) is 13.8 Å². The first-order valence-corrected chi connectivity index (χ1v) is 7.94. The lowest BCUT2D eigenvalue weighted by Gasteiger charge is -2.16. The topological polar surface area (TPSA) is 47.6 Å². The summed E-state index contributed by atoms with van der Waals surface area (Å²) < 4.78 is 49.3. The first-order chi connectivity index (χ1) is 12.2. The fourth-order valence-electron chi connectivity index (χ4n) is 2.42.